The average molecular weight is 318 g/mol. The molecule has 1 saturated carbocycles. The summed E-state index contributed by atoms with van der Waals surface area (Å²) in [7, 11) is 0. The molecule has 1 unspecified atom stereocenters. The van der Waals surface area contributed by atoms with Crippen LogP contribution >= 0.6 is 0 Å². The maximum atomic E-state index is 12.2. The van der Waals surface area contributed by atoms with Crippen molar-refractivity contribution in [2.75, 3.05) is 13.1 Å². The number of benzene rings is 1. The van der Waals surface area contributed by atoms with Gasteiger partial charge in [0.2, 0.25) is 5.91 Å². The fourth-order valence-corrected chi connectivity index (χ4v) is 2.66. The van der Waals surface area contributed by atoms with Crippen molar-refractivity contribution in [3.8, 4) is 0 Å². The number of nitrogens with zero attached hydrogens (tertiary/aromatic N) is 2. The lowest BCUT2D eigenvalue weighted by atomic mass is 10.2. The summed E-state index contributed by atoms with van der Waals surface area (Å²) in [6.45, 7) is 6.95. The van der Waals surface area contributed by atoms with Crippen LogP contribution in [0, 0.1) is 0 Å². The Hall–Kier alpha value is -2.04. The van der Waals surface area contributed by atoms with Crippen molar-refractivity contribution >= 4 is 12.0 Å². The summed E-state index contributed by atoms with van der Waals surface area (Å²) in [5.74, 6) is 0.0345. The quantitative estimate of drug-likeness (QED) is 0.860. The lowest BCUT2D eigenvalue weighted by molar-refractivity contribution is -0.138. The van der Waals surface area contributed by atoms with Gasteiger partial charge < -0.3 is 9.64 Å². The summed E-state index contributed by atoms with van der Waals surface area (Å²) in [6.07, 6.45) is 1.78. The van der Waals surface area contributed by atoms with Gasteiger partial charge in [-0.3, -0.25) is 9.69 Å². The maximum absolute atomic E-state index is 12.2. The molecule has 5 heteroatoms. The van der Waals surface area contributed by atoms with Crippen LogP contribution in [0.3, 0.4) is 0 Å². The zero-order valence-electron chi connectivity index (χ0n) is 14.2. The molecule has 126 valence electrons. The Bertz CT molecular complexity index is 528. The van der Waals surface area contributed by atoms with Crippen LogP contribution < -0.4 is 0 Å². The van der Waals surface area contributed by atoms with Crippen LogP contribution in [0.25, 0.3) is 0 Å². The third kappa shape index (κ3) is 4.47. The van der Waals surface area contributed by atoms with Crippen LogP contribution in [0.2, 0.25) is 0 Å². The van der Waals surface area contributed by atoms with Crippen LogP contribution in [0.1, 0.15) is 39.2 Å². The number of carbonyl (C=O) groups excluding carboxylic acids is 2. The first kappa shape index (κ1) is 17.3. The second-order valence-electron chi connectivity index (χ2n) is 5.79. The van der Waals surface area contributed by atoms with E-state index in [2.05, 4.69) is 0 Å². The van der Waals surface area contributed by atoms with Crippen molar-refractivity contribution in [3.63, 3.8) is 0 Å². The number of carbonyl (C=O) groups is 2. The van der Waals surface area contributed by atoms with Crippen LogP contribution in [-0.4, -0.2) is 47.0 Å². The second-order valence-corrected chi connectivity index (χ2v) is 5.79. The van der Waals surface area contributed by atoms with E-state index >= 15 is 0 Å². The van der Waals surface area contributed by atoms with Crippen LogP contribution in [0.5, 0.6) is 0 Å². The third-order valence-electron chi connectivity index (χ3n) is 4.05. The van der Waals surface area contributed by atoms with Gasteiger partial charge in [-0.1, -0.05) is 44.2 Å². The van der Waals surface area contributed by atoms with Gasteiger partial charge in [-0.2, -0.15) is 0 Å². The van der Waals surface area contributed by atoms with Gasteiger partial charge in [-0.05, 0) is 25.3 Å². The predicted octanol–water partition coefficient (Wildman–Crippen LogP) is 3.04. The highest BCUT2D eigenvalue weighted by Gasteiger charge is 2.40. The van der Waals surface area contributed by atoms with E-state index in [4.69, 9.17) is 4.74 Å². The van der Waals surface area contributed by atoms with E-state index in [1.54, 1.807) is 0 Å². The minimum atomic E-state index is -0.407. The zero-order valence-corrected chi connectivity index (χ0v) is 14.2. The highest BCUT2D eigenvalue weighted by molar-refractivity contribution is 5.84. The maximum Gasteiger partial charge on any atom is 0.410 e. The molecule has 0 spiro atoms. The molecule has 1 saturated heterocycles. The molecule has 2 aliphatic rings. The lowest BCUT2D eigenvalue weighted by Crippen LogP contribution is -2.57. The van der Waals surface area contributed by atoms with Crippen molar-refractivity contribution in [1.29, 1.82) is 0 Å². The molecule has 0 radical (unpaired) electrons. The zero-order chi connectivity index (χ0) is 16.8. The largest absolute Gasteiger partial charge is 0.445 e. The fourth-order valence-electron chi connectivity index (χ4n) is 2.66. The number of piperazine rings is 1. The smallest absolute Gasteiger partial charge is 0.410 e. The van der Waals surface area contributed by atoms with Gasteiger partial charge in [-0.15, -0.1) is 0 Å². The molecule has 1 heterocycles. The van der Waals surface area contributed by atoms with Gasteiger partial charge in [0.1, 0.15) is 13.2 Å². The van der Waals surface area contributed by atoms with E-state index in [1.807, 2.05) is 56.0 Å². The van der Waals surface area contributed by atoms with Crippen molar-refractivity contribution in [1.82, 2.24) is 9.80 Å². The first-order valence-electron chi connectivity index (χ1n) is 8.42. The Balaban J connectivity index is 0.000000924. The molecule has 23 heavy (non-hydrogen) atoms. The van der Waals surface area contributed by atoms with Crippen LogP contribution in [0.4, 0.5) is 4.79 Å². The molecular weight excluding hydrogens is 292 g/mol. The SMILES string of the molecule is CC.CC1CN(C2CC2)C(=O)CN1C(=O)OCc1ccccc1. The number of hydrogen-bond donors (Lipinski definition) is 0. The molecule has 1 aromatic rings. The van der Waals surface area contributed by atoms with Crippen LogP contribution in [0.15, 0.2) is 30.3 Å². The van der Waals surface area contributed by atoms with Crippen molar-refractivity contribution < 1.29 is 14.3 Å². The molecule has 0 bridgehead atoms. The standard InChI is InChI=1S/C16H20N2O3.C2H6/c1-12-9-18(14-7-8-14)15(19)10-17(12)16(20)21-11-13-5-3-2-4-6-13;1-2/h2-6,12,14H,7-11H2,1H3;1-2H3. The van der Waals surface area contributed by atoms with Gasteiger partial charge in [0.05, 0.1) is 6.04 Å². The molecule has 0 aromatic heterocycles. The number of amides is 2. The number of ether oxygens (including phenoxy) is 1. The molecule has 0 N–H and O–H groups in total. The predicted molar refractivity (Wildman–Crippen MR) is 88.9 cm³/mol. The highest BCUT2D eigenvalue weighted by atomic mass is 16.6. The van der Waals surface area contributed by atoms with E-state index < -0.39 is 6.09 Å². The Kier molecular flexibility index (Phi) is 6.02. The van der Waals surface area contributed by atoms with E-state index in [9.17, 15) is 9.59 Å². The number of rotatable bonds is 3. The summed E-state index contributed by atoms with van der Waals surface area (Å²) in [5.41, 5.74) is 0.946. The molecule has 1 aliphatic heterocycles. The van der Waals surface area contributed by atoms with Gasteiger partial charge in [0, 0.05) is 12.6 Å². The van der Waals surface area contributed by atoms with E-state index in [1.165, 1.54) is 4.90 Å². The minimum Gasteiger partial charge on any atom is -0.445 e. The summed E-state index contributed by atoms with van der Waals surface area (Å²) >= 11 is 0. The molecular formula is C18H26N2O3. The summed E-state index contributed by atoms with van der Waals surface area (Å²) < 4.78 is 5.31. The molecule has 1 aromatic carbocycles. The molecule has 2 fully saturated rings. The van der Waals surface area contributed by atoms with E-state index in [0.29, 0.717) is 12.6 Å². The van der Waals surface area contributed by atoms with Gasteiger partial charge >= 0.3 is 6.09 Å². The number of hydrogen-bond acceptors (Lipinski definition) is 3. The summed E-state index contributed by atoms with van der Waals surface area (Å²) in [5, 5.41) is 0. The highest BCUT2D eigenvalue weighted by Crippen LogP contribution is 2.29. The van der Waals surface area contributed by atoms with E-state index in [-0.39, 0.29) is 25.1 Å². The monoisotopic (exact) mass is 318 g/mol. The molecule has 2 amide bonds. The van der Waals surface area contributed by atoms with Gasteiger partial charge in [0.15, 0.2) is 0 Å². The fraction of sp³-hybridized carbons (Fsp3) is 0.556. The lowest BCUT2D eigenvalue weighted by Gasteiger charge is -2.38. The average Bonchev–Trinajstić information content (AvgIpc) is 3.42. The van der Waals surface area contributed by atoms with Gasteiger partial charge in [0.25, 0.3) is 0 Å². The van der Waals surface area contributed by atoms with Gasteiger partial charge in [-0.25, -0.2) is 4.79 Å². The molecule has 1 aliphatic carbocycles. The Labute approximate surface area is 138 Å². The minimum absolute atomic E-state index is 0.00609. The Morgan fingerprint density at radius 3 is 2.48 bits per heavy atom. The first-order valence-corrected chi connectivity index (χ1v) is 8.42. The second kappa shape index (κ2) is 7.99. The van der Waals surface area contributed by atoms with E-state index in [0.717, 1.165) is 18.4 Å². The molecule has 1 atom stereocenters. The van der Waals surface area contributed by atoms with Crippen LogP contribution in [-0.2, 0) is 16.1 Å². The third-order valence-corrected chi connectivity index (χ3v) is 4.05. The summed E-state index contributed by atoms with van der Waals surface area (Å²) in [6, 6.07) is 9.96. The molecule has 3 rings (SSSR count). The summed E-state index contributed by atoms with van der Waals surface area (Å²) in [4.78, 5) is 27.7. The Morgan fingerprint density at radius 2 is 1.87 bits per heavy atom. The van der Waals surface area contributed by atoms with Crippen molar-refractivity contribution in [2.24, 2.45) is 0 Å². The normalized spacial score (nSPS) is 20.7. The first-order chi connectivity index (χ1) is 11.1. The molecule has 5 nitrogen and oxygen atoms in total. The topological polar surface area (TPSA) is 49.9 Å². The van der Waals surface area contributed by atoms with Crippen molar-refractivity contribution in [3.05, 3.63) is 35.9 Å². The Morgan fingerprint density at radius 1 is 1.22 bits per heavy atom. The van der Waals surface area contributed by atoms with Crippen molar-refractivity contribution in [2.45, 2.75) is 52.3 Å².